The normalized spacial score (nSPS) is 1.50. The van der Waals surface area contributed by atoms with Crippen molar-refractivity contribution in [2.45, 2.75) is 0 Å². The Kier molecular flexibility index (Phi) is 122. The van der Waals surface area contributed by atoms with E-state index < -0.39 is 0 Å². The number of quaternary nitrogens is 1. The predicted octanol–water partition coefficient (Wildman–Crippen LogP) is -5.05. The zero-order valence-corrected chi connectivity index (χ0v) is 9.88. The molecule has 0 fully saturated rings. The van der Waals surface area contributed by atoms with Crippen molar-refractivity contribution in [1.82, 2.24) is 0 Å². The third-order valence-corrected chi connectivity index (χ3v) is 0. The van der Waals surface area contributed by atoms with E-state index in [9.17, 15) is 0 Å². The molecule has 0 aliphatic heterocycles. The molecule has 0 saturated carbocycles. The van der Waals surface area contributed by atoms with Crippen molar-refractivity contribution in [3.05, 3.63) is 0 Å². The average molecular weight is 321 g/mol. The first-order chi connectivity index (χ1) is 1.00. The summed E-state index contributed by atoms with van der Waals surface area (Å²) in [6.07, 6.45) is 0. The number of hydrogen-bond donors (Lipinski definition) is 1. The van der Waals surface area contributed by atoms with Crippen LogP contribution in [0.15, 0.2) is 0 Å². The number of hydrogen-bond acceptors (Lipinski definition) is 0. The molecule has 0 bridgehead atoms. The van der Waals surface area contributed by atoms with Gasteiger partial charge in [0.1, 0.15) is 0 Å². The Bertz CT molecular complexity index is 8.00. The fourth-order valence-electron chi connectivity index (χ4n) is 0. The maximum atomic E-state index is 3.25. The Morgan fingerprint density at radius 3 is 1.25 bits per heavy atom. The second-order valence-corrected chi connectivity index (χ2v) is 0. The van der Waals surface area contributed by atoms with Gasteiger partial charge >= 0.3 is 27.3 Å². The van der Waals surface area contributed by atoms with Crippen LogP contribution in [-0.2, 0) is 0 Å². The van der Waals surface area contributed by atoms with Crippen LogP contribution in [0.3, 0.4) is 0 Å². The van der Waals surface area contributed by atoms with Gasteiger partial charge in [-0.15, -0.1) is 0 Å². The van der Waals surface area contributed by atoms with Gasteiger partial charge < -0.3 is 22.7 Å². The number of rotatable bonds is 0. The molecule has 0 saturated heterocycles. The molecule has 0 spiro atoms. The molecular weight excluding hydrogens is 313 g/mol. The van der Waals surface area contributed by atoms with Gasteiger partial charge in [-0.05, 0) is 0 Å². The molecule has 1 nitrogen and oxygen atoms in total. The summed E-state index contributed by atoms with van der Waals surface area (Å²) in [5.41, 5.74) is 3.25. The van der Waals surface area contributed by atoms with E-state index in [-0.39, 0.29) is 44.3 Å². The first-order valence-electron chi connectivity index (χ1n) is 0.707. The van der Waals surface area contributed by atoms with Crippen LogP contribution in [0.4, 0.5) is 0 Å². The molecule has 28 valence electrons. The second-order valence-electron chi connectivity index (χ2n) is 0. The summed E-state index contributed by atoms with van der Waals surface area (Å²) < 4.78 is 0. The first kappa shape index (κ1) is 18.3. The molecule has 3 heteroatoms. The van der Waals surface area contributed by atoms with Gasteiger partial charge in [0, 0.05) is 0 Å². The molecule has 0 aliphatic carbocycles. The molecule has 0 aromatic heterocycles. The summed E-state index contributed by atoms with van der Waals surface area (Å²) in [6, 6.07) is 0. The monoisotopic (exact) mass is 321 g/mol. The zero-order chi connectivity index (χ0) is 2.00. The predicted molar refractivity (Wildman–Crippen MR) is 17.4 cm³/mol. The molecule has 2 radical (unpaired) electrons. The number of halogens is 1. The van der Waals surface area contributed by atoms with Crippen LogP contribution in [0.5, 0.6) is 0 Å². The van der Waals surface area contributed by atoms with Crippen LogP contribution >= 0.6 is 0 Å². The standard InChI is InChI=1S/CH5N.BrH.Pb.2H/c1-2;;;;/h2H2,1H3;1H;;;. The molecule has 0 rings (SSSR count). The van der Waals surface area contributed by atoms with Crippen LogP contribution in [-0.4, -0.2) is 34.3 Å². The third kappa shape index (κ3) is 10.1. The van der Waals surface area contributed by atoms with Crippen molar-refractivity contribution in [1.29, 1.82) is 0 Å². The molecule has 0 aliphatic rings. The van der Waals surface area contributed by atoms with E-state index in [4.69, 9.17) is 0 Å². The molecule has 0 aromatic rings. The van der Waals surface area contributed by atoms with E-state index in [0.29, 0.717) is 0 Å². The second kappa shape index (κ2) is 26.6. The maximum absolute atomic E-state index is 3.25. The van der Waals surface area contributed by atoms with Crippen molar-refractivity contribution in [3.8, 4) is 0 Å². The first-order valence-corrected chi connectivity index (χ1v) is 0.707. The van der Waals surface area contributed by atoms with Crippen molar-refractivity contribution >= 4 is 27.3 Å². The van der Waals surface area contributed by atoms with Crippen LogP contribution in [0.25, 0.3) is 0 Å². The molecule has 0 heterocycles. The van der Waals surface area contributed by atoms with Gasteiger partial charge in [-0.3, -0.25) is 0 Å². The Morgan fingerprint density at radius 1 is 1.25 bits per heavy atom. The van der Waals surface area contributed by atoms with E-state index in [1.165, 1.54) is 0 Å². The molecule has 0 amide bonds. The van der Waals surface area contributed by atoms with E-state index in [0.717, 1.165) is 0 Å². The van der Waals surface area contributed by atoms with Crippen LogP contribution in [0.1, 0.15) is 0 Å². The molecule has 3 N–H and O–H groups in total. The molecule has 4 heavy (non-hydrogen) atoms. The van der Waals surface area contributed by atoms with Gasteiger partial charge in [-0.25, -0.2) is 0 Å². The average Bonchev–Trinajstić information content (AvgIpc) is 1.00. The van der Waals surface area contributed by atoms with Gasteiger partial charge in [0.15, 0.2) is 0 Å². The fourth-order valence-corrected chi connectivity index (χ4v) is 0. The summed E-state index contributed by atoms with van der Waals surface area (Å²) in [5, 5.41) is 0. The minimum atomic E-state index is 0. The van der Waals surface area contributed by atoms with E-state index in [1.807, 2.05) is 0 Å². The Balaban J connectivity index is -0.00000000500. The zero-order valence-electron chi connectivity index (χ0n) is 2.79. The SMILES string of the molecule is C[NH3+].[Br-].[PbH2]. The molecule has 0 aromatic carbocycles. The van der Waals surface area contributed by atoms with Crippen molar-refractivity contribution in [2.75, 3.05) is 7.05 Å². The summed E-state index contributed by atoms with van der Waals surface area (Å²) in [6.45, 7) is 0. The Labute approximate surface area is 56.9 Å². The topological polar surface area (TPSA) is 27.6 Å². The molecule has 0 atom stereocenters. The van der Waals surface area contributed by atoms with Crippen molar-refractivity contribution in [2.24, 2.45) is 0 Å². The third-order valence-electron chi connectivity index (χ3n) is 0. The van der Waals surface area contributed by atoms with Crippen LogP contribution in [0, 0.1) is 0 Å². The molecule has 0 unspecified atom stereocenters. The van der Waals surface area contributed by atoms with Gasteiger partial charge in [0.05, 0.1) is 7.05 Å². The minimum absolute atomic E-state index is 0. The fraction of sp³-hybridized carbons (Fsp3) is 1.00. The Hall–Kier alpha value is 1.36. The van der Waals surface area contributed by atoms with Gasteiger partial charge in [0.25, 0.3) is 0 Å². The quantitative estimate of drug-likeness (QED) is 0.433. The van der Waals surface area contributed by atoms with Crippen LogP contribution in [0.2, 0.25) is 0 Å². The summed E-state index contributed by atoms with van der Waals surface area (Å²) in [7, 11) is 1.75. The Morgan fingerprint density at radius 2 is 1.25 bits per heavy atom. The molecular formula is CH8BrNPb. The van der Waals surface area contributed by atoms with Crippen LogP contribution < -0.4 is 22.7 Å². The van der Waals surface area contributed by atoms with E-state index in [1.54, 1.807) is 7.05 Å². The van der Waals surface area contributed by atoms with E-state index in [2.05, 4.69) is 5.73 Å². The van der Waals surface area contributed by atoms with Gasteiger partial charge in [-0.2, -0.15) is 0 Å². The summed E-state index contributed by atoms with van der Waals surface area (Å²) in [4.78, 5) is 0. The van der Waals surface area contributed by atoms with Crippen molar-refractivity contribution < 1.29 is 22.7 Å². The van der Waals surface area contributed by atoms with Crippen molar-refractivity contribution in [3.63, 3.8) is 0 Å². The summed E-state index contributed by atoms with van der Waals surface area (Å²) in [5.74, 6) is 0. The van der Waals surface area contributed by atoms with E-state index >= 15 is 0 Å². The van der Waals surface area contributed by atoms with Gasteiger partial charge in [-0.1, -0.05) is 0 Å². The van der Waals surface area contributed by atoms with Gasteiger partial charge in [0.2, 0.25) is 0 Å². The summed E-state index contributed by atoms with van der Waals surface area (Å²) >= 11 is 0.